The second-order valence-electron chi connectivity index (χ2n) is 6.97. The minimum Gasteiger partial charge on any atom is -0.487 e. The summed E-state index contributed by atoms with van der Waals surface area (Å²) in [6.07, 6.45) is 3.93. The van der Waals surface area contributed by atoms with Crippen molar-refractivity contribution in [2.75, 3.05) is 14.1 Å². The number of amides is 2. The molecule has 0 N–H and O–H groups in total. The molecule has 0 aromatic heterocycles. The van der Waals surface area contributed by atoms with E-state index >= 15 is 0 Å². The third-order valence-electron chi connectivity index (χ3n) is 4.76. The number of thiocarbonyl (C=S) groups is 1. The van der Waals surface area contributed by atoms with Crippen LogP contribution in [0.3, 0.4) is 0 Å². The molecule has 1 heterocycles. The Kier molecular flexibility index (Phi) is 7.46. The number of rotatable bonds is 6. The maximum absolute atomic E-state index is 12.6. The molecule has 1 aliphatic rings. The van der Waals surface area contributed by atoms with Crippen LogP contribution in [0.25, 0.3) is 6.08 Å². The number of likely N-dealkylation sites (N-methyl/N-ethyl adjacent to an activating group) is 2. The van der Waals surface area contributed by atoms with Gasteiger partial charge in [-0.3, -0.25) is 19.4 Å². The lowest BCUT2D eigenvalue weighted by Gasteiger charge is -2.31. The average Bonchev–Trinajstić information content (AvgIpc) is 2.75. The highest BCUT2D eigenvalue weighted by Gasteiger charge is 2.35. The standard InChI is InChI=1S/C23H20Br2N2O3S/c1-4-5-16-10-15(11-18-21(28)26(2)23(31)27(3)22(18)29)12-19(25)20(16)30-13-14-6-8-17(24)9-7-14/h4,6-12H,1,5,13H2,2-3H3. The highest BCUT2D eigenvalue weighted by molar-refractivity contribution is 9.10. The first-order chi connectivity index (χ1) is 14.7. The minimum absolute atomic E-state index is 0.0542. The van der Waals surface area contributed by atoms with Crippen LogP contribution in [0, 0.1) is 0 Å². The summed E-state index contributed by atoms with van der Waals surface area (Å²) in [5.41, 5.74) is 2.68. The minimum atomic E-state index is -0.426. The number of halogens is 2. The van der Waals surface area contributed by atoms with Crippen LogP contribution in [-0.4, -0.2) is 40.8 Å². The lowest BCUT2D eigenvalue weighted by atomic mass is 10.0. The van der Waals surface area contributed by atoms with Gasteiger partial charge in [-0.1, -0.05) is 34.1 Å². The summed E-state index contributed by atoms with van der Waals surface area (Å²) in [5.74, 6) is -0.156. The Bertz CT molecular complexity index is 1070. The quantitative estimate of drug-likeness (QED) is 0.212. The van der Waals surface area contributed by atoms with Crippen molar-refractivity contribution in [2.45, 2.75) is 13.0 Å². The van der Waals surface area contributed by atoms with Crippen LogP contribution in [0.2, 0.25) is 0 Å². The largest absolute Gasteiger partial charge is 0.487 e. The molecule has 1 saturated heterocycles. The van der Waals surface area contributed by atoms with Gasteiger partial charge in [0.2, 0.25) is 0 Å². The lowest BCUT2D eigenvalue weighted by Crippen LogP contribution is -2.52. The van der Waals surface area contributed by atoms with E-state index in [9.17, 15) is 9.59 Å². The third-order valence-corrected chi connectivity index (χ3v) is 6.42. The molecule has 0 bridgehead atoms. The van der Waals surface area contributed by atoms with E-state index in [1.54, 1.807) is 26.2 Å². The predicted octanol–water partition coefficient (Wildman–Crippen LogP) is 5.12. The van der Waals surface area contributed by atoms with Crippen LogP contribution in [0.5, 0.6) is 5.75 Å². The van der Waals surface area contributed by atoms with Crippen molar-refractivity contribution >= 4 is 67.1 Å². The van der Waals surface area contributed by atoms with Crippen molar-refractivity contribution in [1.29, 1.82) is 0 Å². The van der Waals surface area contributed by atoms with E-state index in [1.807, 2.05) is 36.4 Å². The summed E-state index contributed by atoms with van der Waals surface area (Å²) in [6, 6.07) is 11.6. The van der Waals surface area contributed by atoms with E-state index in [1.165, 1.54) is 9.80 Å². The monoisotopic (exact) mass is 562 g/mol. The van der Waals surface area contributed by atoms with Crippen LogP contribution >= 0.6 is 44.1 Å². The Labute approximate surface area is 203 Å². The molecule has 8 heteroatoms. The van der Waals surface area contributed by atoms with E-state index in [0.29, 0.717) is 24.3 Å². The third kappa shape index (κ3) is 5.14. The second-order valence-corrected chi connectivity index (χ2v) is 9.10. The normalized spacial score (nSPS) is 14.2. The average molecular weight is 564 g/mol. The molecule has 0 spiro atoms. The van der Waals surface area contributed by atoms with Crippen LogP contribution < -0.4 is 4.74 Å². The van der Waals surface area contributed by atoms with Gasteiger partial charge in [0, 0.05) is 18.6 Å². The molecule has 0 radical (unpaired) electrons. The number of ether oxygens (including phenoxy) is 1. The van der Waals surface area contributed by atoms with E-state index < -0.39 is 11.8 Å². The second kappa shape index (κ2) is 9.89. The fourth-order valence-corrected chi connectivity index (χ4v) is 4.17. The molecule has 0 aliphatic carbocycles. The van der Waals surface area contributed by atoms with Gasteiger partial charge in [0.15, 0.2) is 5.11 Å². The summed E-state index contributed by atoms with van der Waals surface area (Å²) in [7, 11) is 3.11. The lowest BCUT2D eigenvalue weighted by molar-refractivity contribution is -0.132. The first-order valence-electron chi connectivity index (χ1n) is 9.35. The van der Waals surface area contributed by atoms with E-state index in [2.05, 4.69) is 38.4 Å². The number of carbonyl (C=O) groups excluding carboxylic acids is 2. The molecule has 0 atom stereocenters. The van der Waals surface area contributed by atoms with Gasteiger partial charge in [0.05, 0.1) is 4.47 Å². The molecule has 0 saturated carbocycles. The van der Waals surface area contributed by atoms with Gasteiger partial charge in [-0.15, -0.1) is 6.58 Å². The molecule has 1 fully saturated rings. The Morgan fingerprint density at radius 3 is 2.26 bits per heavy atom. The van der Waals surface area contributed by atoms with E-state index in [4.69, 9.17) is 17.0 Å². The molecule has 2 aromatic carbocycles. The Morgan fingerprint density at radius 1 is 1.06 bits per heavy atom. The van der Waals surface area contributed by atoms with Crippen LogP contribution in [0.4, 0.5) is 0 Å². The van der Waals surface area contributed by atoms with Crippen LogP contribution in [-0.2, 0) is 22.6 Å². The molecule has 31 heavy (non-hydrogen) atoms. The highest BCUT2D eigenvalue weighted by atomic mass is 79.9. The Hall–Kier alpha value is -2.29. The molecule has 3 rings (SSSR count). The van der Waals surface area contributed by atoms with Crippen molar-refractivity contribution in [3.8, 4) is 5.75 Å². The molecule has 5 nitrogen and oxygen atoms in total. The number of benzene rings is 2. The van der Waals surface area contributed by atoms with Gasteiger partial charge in [-0.05, 0) is 81.6 Å². The molecule has 1 aliphatic heterocycles. The first kappa shape index (κ1) is 23.4. The fraction of sp³-hybridized carbons (Fsp3) is 0.174. The number of allylic oxidation sites excluding steroid dienone is 1. The van der Waals surface area contributed by atoms with Crippen molar-refractivity contribution in [1.82, 2.24) is 9.80 Å². The predicted molar refractivity (Wildman–Crippen MR) is 133 cm³/mol. The first-order valence-corrected chi connectivity index (χ1v) is 11.3. The Balaban J connectivity index is 1.94. The van der Waals surface area contributed by atoms with Gasteiger partial charge >= 0.3 is 0 Å². The molecule has 0 unspecified atom stereocenters. The molecule has 160 valence electrons. The zero-order valence-corrected chi connectivity index (χ0v) is 21.0. The van der Waals surface area contributed by atoms with Crippen molar-refractivity contribution in [3.63, 3.8) is 0 Å². The summed E-state index contributed by atoms with van der Waals surface area (Å²) in [4.78, 5) is 27.8. The number of nitrogens with zero attached hydrogens (tertiary/aromatic N) is 2. The van der Waals surface area contributed by atoms with Crippen molar-refractivity contribution < 1.29 is 14.3 Å². The maximum atomic E-state index is 12.6. The van der Waals surface area contributed by atoms with Gasteiger partial charge in [-0.2, -0.15) is 0 Å². The van der Waals surface area contributed by atoms with E-state index in [0.717, 1.165) is 20.1 Å². The highest BCUT2D eigenvalue weighted by Crippen LogP contribution is 2.33. The van der Waals surface area contributed by atoms with E-state index in [-0.39, 0.29) is 10.7 Å². The van der Waals surface area contributed by atoms with Crippen molar-refractivity contribution in [3.05, 3.63) is 80.3 Å². The number of carbonyl (C=O) groups is 2. The molecule has 2 amide bonds. The number of hydrogen-bond donors (Lipinski definition) is 0. The topological polar surface area (TPSA) is 49.9 Å². The summed E-state index contributed by atoms with van der Waals surface area (Å²) < 4.78 is 7.81. The fourth-order valence-electron chi connectivity index (χ4n) is 3.10. The van der Waals surface area contributed by atoms with Gasteiger partial charge in [0.1, 0.15) is 17.9 Å². The molecular formula is C23H20Br2N2O3S. The molecule has 2 aromatic rings. The van der Waals surface area contributed by atoms with Gasteiger partial charge in [-0.25, -0.2) is 0 Å². The zero-order valence-electron chi connectivity index (χ0n) is 17.0. The summed E-state index contributed by atoms with van der Waals surface area (Å²) >= 11 is 12.1. The smallest absolute Gasteiger partial charge is 0.265 e. The van der Waals surface area contributed by atoms with Crippen LogP contribution in [0.15, 0.2) is 63.6 Å². The SMILES string of the molecule is C=CCc1cc(C=C2C(=O)N(C)C(=S)N(C)C2=O)cc(Br)c1OCc1ccc(Br)cc1. The van der Waals surface area contributed by atoms with Gasteiger partial charge in [0.25, 0.3) is 11.8 Å². The summed E-state index contributed by atoms with van der Waals surface area (Å²) in [6.45, 7) is 4.23. The van der Waals surface area contributed by atoms with Crippen LogP contribution in [0.1, 0.15) is 16.7 Å². The molecular weight excluding hydrogens is 544 g/mol. The van der Waals surface area contributed by atoms with Crippen molar-refractivity contribution in [2.24, 2.45) is 0 Å². The Morgan fingerprint density at radius 2 is 1.68 bits per heavy atom. The zero-order chi connectivity index (χ0) is 22.7. The number of hydrogen-bond acceptors (Lipinski definition) is 4. The van der Waals surface area contributed by atoms with Gasteiger partial charge < -0.3 is 4.74 Å². The summed E-state index contributed by atoms with van der Waals surface area (Å²) in [5, 5.41) is 0.178. The maximum Gasteiger partial charge on any atom is 0.265 e.